The van der Waals surface area contributed by atoms with Gasteiger partial charge in [-0.25, -0.2) is 4.68 Å². The Kier molecular flexibility index (Phi) is 4.00. The van der Waals surface area contributed by atoms with Gasteiger partial charge in [0.1, 0.15) is 12.3 Å². The maximum absolute atomic E-state index is 6.06. The molecule has 2 rings (SSSR count). The number of halogens is 1. The molecule has 2 N–H and O–H groups in total. The SMILES string of the molecule is CC(C)c1nn(C)c(OCc2ccc(Cl)cc2)c1N. The third-order valence-electron chi connectivity index (χ3n) is 2.89. The van der Waals surface area contributed by atoms with Crippen molar-refractivity contribution in [3.05, 3.63) is 40.5 Å². The van der Waals surface area contributed by atoms with Crippen LogP contribution < -0.4 is 10.5 Å². The molecule has 0 aliphatic rings. The number of ether oxygens (including phenoxy) is 1. The average Bonchev–Trinajstić information content (AvgIpc) is 2.65. The van der Waals surface area contributed by atoms with E-state index in [4.69, 9.17) is 22.1 Å². The Morgan fingerprint density at radius 1 is 1.32 bits per heavy atom. The van der Waals surface area contributed by atoms with Crippen LogP contribution in [0.2, 0.25) is 5.02 Å². The van der Waals surface area contributed by atoms with Crippen LogP contribution in [0.4, 0.5) is 5.69 Å². The van der Waals surface area contributed by atoms with E-state index in [0.29, 0.717) is 23.2 Å². The van der Waals surface area contributed by atoms with Gasteiger partial charge in [-0.1, -0.05) is 37.6 Å². The smallest absolute Gasteiger partial charge is 0.236 e. The molecule has 0 spiro atoms. The molecule has 102 valence electrons. The van der Waals surface area contributed by atoms with Crippen LogP contribution in [-0.2, 0) is 13.7 Å². The Bertz CT molecular complexity index is 561. The first-order valence-electron chi connectivity index (χ1n) is 6.18. The maximum atomic E-state index is 6.06. The first-order valence-corrected chi connectivity index (χ1v) is 6.56. The fraction of sp³-hybridized carbons (Fsp3) is 0.357. The molecule has 1 aromatic carbocycles. The van der Waals surface area contributed by atoms with Gasteiger partial charge in [0.25, 0.3) is 0 Å². The van der Waals surface area contributed by atoms with Gasteiger partial charge < -0.3 is 10.5 Å². The quantitative estimate of drug-likeness (QED) is 0.934. The molecule has 2 aromatic rings. The zero-order valence-electron chi connectivity index (χ0n) is 11.4. The van der Waals surface area contributed by atoms with Crippen molar-refractivity contribution in [2.45, 2.75) is 26.4 Å². The van der Waals surface area contributed by atoms with Crippen LogP contribution in [0.5, 0.6) is 5.88 Å². The summed E-state index contributed by atoms with van der Waals surface area (Å²) in [7, 11) is 1.83. The van der Waals surface area contributed by atoms with Gasteiger partial charge in [-0.15, -0.1) is 0 Å². The standard InChI is InChI=1S/C14H18ClN3O/c1-9(2)13-12(16)14(18(3)17-13)19-8-10-4-6-11(15)7-5-10/h4-7,9H,8,16H2,1-3H3. The number of nitrogens with two attached hydrogens (primary N) is 1. The van der Waals surface area contributed by atoms with Crippen molar-refractivity contribution in [2.75, 3.05) is 5.73 Å². The molecule has 19 heavy (non-hydrogen) atoms. The van der Waals surface area contributed by atoms with Crippen LogP contribution in [0, 0.1) is 0 Å². The molecular weight excluding hydrogens is 262 g/mol. The number of nitrogen functional groups attached to an aromatic ring is 1. The monoisotopic (exact) mass is 279 g/mol. The van der Waals surface area contributed by atoms with E-state index in [-0.39, 0.29) is 5.92 Å². The highest BCUT2D eigenvalue weighted by molar-refractivity contribution is 6.30. The largest absolute Gasteiger partial charge is 0.471 e. The van der Waals surface area contributed by atoms with Crippen molar-refractivity contribution < 1.29 is 4.74 Å². The lowest BCUT2D eigenvalue weighted by molar-refractivity contribution is 0.280. The number of hydrogen-bond donors (Lipinski definition) is 1. The molecule has 0 unspecified atom stereocenters. The van der Waals surface area contributed by atoms with E-state index in [2.05, 4.69) is 18.9 Å². The van der Waals surface area contributed by atoms with E-state index in [1.807, 2.05) is 31.3 Å². The Morgan fingerprint density at radius 3 is 2.47 bits per heavy atom. The zero-order valence-corrected chi connectivity index (χ0v) is 12.1. The molecule has 0 aliphatic heterocycles. The summed E-state index contributed by atoms with van der Waals surface area (Å²) < 4.78 is 7.44. The maximum Gasteiger partial charge on any atom is 0.236 e. The summed E-state index contributed by atoms with van der Waals surface area (Å²) in [5.74, 6) is 0.887. The summed E-state index contributed by atoms with van der Waals surface area (Å²) in [5, 5.41) is 5.10. The predicted molar refractivity (Wildman–Crippen MR) is 77.5 cm³/mol. The fourth-order valence-corrected chi connectivity index (χ4v) is 2.00. The van der Waals surface area contributed by atoms with Crippen LogP contribution in [0.3, 0.4) is 0 Å². The molecule has 0 fully saturated rings. The molecule has 0 amide bonds. The minimum atomic E-state index is 0.277. The van der Waals surface area contributed by atoms with E-state index < -0.39 is 0 Å². The first-order chi connectivity index (χ1) is 8.99. The molecule has 0 saturated heterocycles. The third-order valence-corrected chi connectivity index (χ3v) is 3.15. The molecule has 0 saturated carbocycles. The summed E-state index contributed by atoms with van der Waals surface area (Å²) in [4.78, 5) is 0. The highest BCUT2D eigenvalue weighted by Gasteiger charge is 2.17. The third kappa shape index (κ3) is 3.01. The number of benzene rings is 1. The number of hydrogen-bond acceptors (Lipinski definition) is 3. The molecule has 0 aliphatic carbocycles. The Morgan fingerprint density at radius 2 is 1.95 bits per heavy atom. The zero-order chi connectivity index (χ0) is 14.0. The highest BCUT2D eigenvalue weighted by Crippen LogP contribution is 2.30. The van der Waals surface area contributed by atoms with Crippen LogP contribution in [0.25, 0.3) is 0 Å². The molecule has 1 heterocycles. The topological polar surface area (TPSA) is 53.1 Å². The molecule has 1 aromatic heterocycles. The number of aryl methyl sites for hydroxylation is 1. The number of aromatic nitrogens is 2. The van der Waals surface area contributed by atoms with E-state index in [1.165, 1.54) is 0 Å². The Labute approximate surface area is 118 Å². The van der Waals surface area contributed by atoms with Gasteiger partial charge in [-0.05, 0) is 23.6 Å². The molecule has 0 atom stereocenters. The van der Waals surface area contributed by atoms with Crippen molar-refractivity contribution in [3.63, 3.8) is 0 Å². The number of anilines is 1. The van der Waals surface area contributed by atoms with Gasteiger partial charge in [0.05, 0.1) is 5.69 Å². The molecular formula is C14H18ClN3O. The van der Waals surface area contributed by atoms with Crippen LogP contribution in [0.15, 0.2) is 24.3 Å². The van der Waals surface area contributed by atoms with Gasteiger partial charge in [0, 0.05) is 12.1 Å². The second-order valence-corrected chi connectivity index (χ2v) is 5.23. The fourth-order valence-electron chi connectivity index (χ4n) is 1.87. The molecule has 0 radical (unpaired) electrons. The van der Waals surface area contributed by atoms with Gasteiger partial charge in [-0.3, -0.25) is 0 Å². The average molecular weight is 280 g/mol. The van der Waals surface area contributed by atoms with Gasteiger partial charge in [0.2, 0.25) is 5.88 Å². The second-order valence-electron chi connectivity index (χ2n) is 4.80. The lowest BCUT2D eigenvalue weighted by Gasteiger charge is -2.07. The summed E-state index contributed by atoms with van der Waals surface area (Å²) in [6.07, 6.45) is 0. The van der Waals surface area contributed by atoms with E-state index in [0.717, 1.165) is 11.3 Å². The van der Waals surface area contributed by atoms with Crippen molar-refractivity contribution in [1.29, 1.82) is 0 Å². The summed E-state index contributed by atoms with van der Waals surface area (Å²) in [5.41, 5.74) is 8.59. The van der Waals surface area contributed by atoms with Crippen LogP contribution in [-0.4, -0.2) is 9.78 Å². The van der Waals surface area contributed by atoms with E-state index >= 15 is 0 Å². The summed E-state index contributed by atoms with van der Waals surface area (Å²) in [6, 6.07) is 7.54. The van der Waals surface area contributed by atoms with Crippen molar-refractivity contribution >= 4 is 17.3 Å². The normalized spacial score (nSPS) is 11.0. The van der Waals surface area contributed by atoms with Crippen LogP contribution >= 0.6 is 11.6 Å². The Hall–Kier alpha value is -1.68. The predicted octanol–water partition coefficient (Wildman–Crippen LogP) is 3.36. The minimum absolute atomic E-state index is 0.277. The van der Waals surface area contributed by atoms with Gasteiger partial charge >= 0.3 is 0 Å². The van der Waals surface area contributed by atoms with Crippen molar-refractivity contribution in [3.8, 4) is 5.88 Å². The molecule has 4 nitrogen and oxygen atoms in total. The summed E-state index contributed by atoms with van der Waals surface area (Å²) >= 11 is 5.84. The molecule has 5 heteroatoms. The number of nitrogens with zero attached hydrogens (tertiary/aromatic N) is 2. The lowest BCUT2D eigenvalue weighted by Crippen LogP contribution is -2.02. The van der Waals surface area contributed by atoms with Gasteiger partial charge in [0.15, 0.2) is 0 Å². The minimum Gasteiger partial charge on any atom is -0.471 e. The van der Waals surface area contributed by atoms with E-state index in [1.54, 1.807) is 4.68 Å². The van der Waals surface area contributed by atoms with Crippen molar-refractivity contribution in [2.24, 2.45) is 7.05 Å². The lowest BCUT2D eigenvalue weighted by atomic mass is 10.1. The van der Waals surface area contributed by atoms with Gasteiger partial charge in [-0.2, -0.15) is 5.10 Å². The first kappa shape index (κ1) is 13.7. The van der Waals surface area contributed by atoms with Crippen molar-refractivity contribution in [1.82, 2.24) is 9.78 Å². The Balaban J connectivity index is 2.13. The van der Waals surface area contributed by atoms with Crippen LogP contribution in [0.1, 0.15) is 31.0 Å². The highest BCUT2D eigenvalue weighted by atomic mass is 35.5. The summed E-state index contributed by atoms with van der Waals surface area (Å²) in [6.45, 7) is 4.56. The number of rotatable bonds is 4. The molecule has 0 bridgehead atoms. The van der Waals surface area contributed by atoms with E-state index in [9.17, 15) is 0 Å². The second kappa shape index (κ2) is 5.53.